The van der Waals surface area contributed by atoms with Crippen LogP contribution in [0.4, 0.5) is 10.1 Å². The fourth-order valence-corrected chi connectivity index (χ4v) is 1.38. The number of amides is 1. The molecule has 1 aromatic carbocycles. The van der Waals surface area contributed by atoms with Crippen molar-refractivity contribution >= 4 is 11.6 Å². The van der Waals surface area contributed by atoms with E-state index >= 15 is 0 Å². The van der Waals surface area contributed by atoms with Gasteiger partial charge in [-0.05, 0) is 18.2 Å². The van der Waals surface area contributed by atoms with Gasteiger partial charge >= 0.3 is 0 Å². The summed E-state index contributed by atoms with van der Waals surface area (Å²) in [5.74, 6) is -1.03. The fraction of sp³-hybridized carbons (Fsp3) is 0. The van der Waals surface area contributed by atoms with E-state index < -0.39 is 11.7 Å². The predicted octanol–water partition coefficient (Wildman–Crippen LogP) is 2.34. The number of hydrogen-bond acceptors (Lipinski definition) is 3. The highest BCUT2D eigenvalue weighted by molar-refractivity contribution is 6.04. The maximum atomic E-state index is 13.3. The van der Waals surface area contributed by atoms with E-state index in [-0.39, 0.29) is 16.8 Å². The molecule has 1 aromatic heterocycles. The highest BCUT2D eigenvalue weighted by Crippen LogP contribution is 2.14. The van der Waals surface area contributed by atoms with Gasteiger partial charge in [0.15, 0.2) is 0 Å². The molecule has 4 nitrogen and oxygen atoms in total. The molecule has 2 aromatic rings. The Morgan fingerprint density at radius 3 is 2.83 bits per heavy atom. The maximum Gasteiger partial charge on any atom is 0.257 e. The molecule has 5 heteroatoms. The number of nitrogens with one attached hydrogen (secondary N) is 1. The maximum absolute atomic E-state index is 13.3. The van der Waals surface area contributed by atoms with E-state index in [1.807, 2.05) is 6.07 Å². The SMILES string of the molecule is N#Cc1cncc(C(=O)Nc2ccccc2F)c1. The molecule has 1 heterocycles. The van der Waals surface area contributed by atoms with Crippen molar-refractivity contribution in [3.05, 3.63) is 59.7 Å². The third-order valence-electron chi connectivity index (χ3n) is 2.25. The largest absolute Gasteiger partial charge is 0.319 e. The molecule has 0 spiro atoms. The van der Waals surface area contributed by atoms with Crippen LogP contribution >= 0.6 is 0 Å². The molecule has 1 N–H and O–H groups in total. The van der Waals surface area contributed by atoms with Gasteiger partial charge in [0.1, 0.15) is 11.9 Å². The number of halogens is 1. The Morgan fingerprint density at radius 1 is 1.33 bits per heavy atom. The Kier molecular flexibility index (Phi) is 3.30. The van der Waals surface area contributed by atoms with Gasteiger partial charge in [0.05, 0.1) is 16.8 Å². The van der Waals surface area contributed by atoms with Crippen molar-refractivity contribution in [3.63, 3.8) is 0 Å². The third-order valence-corrected chi connectivity index (χ3v) is 2.25. The van der Waals surface area contributed by atoms with E-state index in [2.05, 4.69) is 10.3 Å². The van der Waals surface area contributed by atoms with Gasteiger partial charge in [-0.2, -0.15) is 5.26 Å². The minimum absolute atomic E-state index is 0.0878. The Hall–Kier alpha value is -2.74. The first-order valence-corrected chi connectivity index (χ1v) is 5.12. The third kappa shape index (κ3) is 2.50. The second kappa shape index (κ2) is 5.06. The molecule has 0 atom stereocenters. The zero-order valence-electron chi connectivity index (χ0n) is 9.22. The summed E-state index contributed by atoms with van der Waals surface area (Å²) in [5.41, 5.74) is 0.568. The van der Waals surface area contributed by atoms with Crippen LogP contribution in [0.2, 0.25) is 0 Å². The second-order valence-electron chi connectivity index (χ2n) is 3.51. The first kappa shape index (κ1) is 11.7. The minimum Gasteiger partial charge on any atom is -0.319 e. The molecular weight excluding hydrogens is 233 g/mol. The minimum atomic E-state index is -0.518. The van der Waals surface area contributed by atoms with Crippen LogP contribution in [0.5, 0.6) is 0 Å². The van der Waals surface area contributed by atoms with Gasteiger partial charge in [-0.3, -0.25) is 9.78 Å². The van der Waals surface area contributed by atoms with Gasteiger partial charge in [0, 0.05) is 12.4 Å². The van der Waals surface area contributed by atoms with Crippen LogP contribution < -0.4 is 5.32 Å². The van der Waals surface area contributed by atoms with E-state index in [1.54, 1.807) is 6.07 Å². The summed E-state index contributed by atoms with van der Waals surface area (Å²) in [4.78, 5) is 15.6. The lowest BCUT2D eigenvalue weighted by molar-refractivity contribution is 0.102. The van der Waals surface area contributed by atoms with Crippen molar-refractivity contribution in [1.82, 2.24) is 4.98 Å². The van der Waals surface area contributed by atoms with E-state index in [0.29, 0.717) is 0 Å². The molecular formula is C13H8FN3O. The van der Waals surface area contributed by atoms with Crippen molar-refractivity contribution in [2.45, 2.75) is 0 Å². The van der Waals surface area contributed by atoms with Crippen LogP contribution in [-0.4, -0.2) is 10.9 Å². The molecule has 1 amide bonds. The summed E-state index contributed by atoms with van der Waals surface area (Å²) in [6.45, 7) is 0. The van der Waals surface area contributed by atoms with Crippen LogP contribution in [0.1, 0.15) is 15.9 Å². The highest BCUT2D eigenvalue weighted by Gasteiger charge is 2.09. The molecule has 0 aliphatic heterocycles. The molecule has 0 radical (unpaired) electrons. The summed E-state index contributed by atoms with van der Waals surface area (Å²) in [6, 6.07) is 9.12. The number of benzene rings is 1. The average molecular weight is 241 g/mol. The standard InChI is InChI=1S/C13H8FN3O/c14-11-3-1-2-4-12(11)17-13(18)10-5-9(6-15)7-16-8-10/h1-5,7-8H,(H,17,18). The van der Waals surface area contributed by atoms with E-state index in [1.165, 1.54) is 36.7 Å². The van der Waals surface area contributed by atoms with Crippen LogP contribution in [0.25, 0.3) is 0 Å². The number of carbonyl (C=O) groups is 1. The summed E-state index contributed by atoms with van der Waals surface area (Å²) >= 11 is 0. The molecule has 0 saturated carbocycles. The first-order chi connectivity index (χ1) is 8.70. The van der Waals surface area contributed by atoms with Crippen LogP contribution in [-0.2, 0) is 0 Å². The lowest BCUT2D eigenvalue weighted by Gasteiger charge is -2.05. The van der Waals surface area contributed by atoms with Crippen LogP contribution in [0.15, 0.2) is 42.7 Å². The summed E-state index contributed by atoms with van der Waals surface area (Å²) in [6.07, 6.45) is 2.66. The first-order valence-electron chi connectivity index (χ1n) is 5.12. The zero-order chi connectivity index (χ0) is 13.0. The molecule has 0 saturated heterocycles. The number of nitrogens with zero attached hydrogens (tertiary/aromatic N) is 2. The molecule has 0 aliphatic rings. The topological polar surface area (TPSA) is 65.8 Å². The van der Waals surface area contributed by atoms with Crippen LogP contribution in [0.3, 0.4) is 0 Å². The number of pyridine rings is 1. The molecule has 18 heavy (non-hydrogen) atoms. The van der Waals surface area contributed by atoms with Gasteiger partial charge < -0.3 is 5.32 Å². The van der Waals surface area contributed by atoms with Crippen LogP contribution in [0, 0.1) is 17.1 Å². The Morgan fingerprint density at radius 2 is 2.11 bits per heavy atom. The number of para-hydroxylation sites is 1. The van der Waals surface area contributed by atoms with Gasteiger partial charge in [-0.1, -0.05) is 12.1 Å². The quantitative estimate of drug-likeness (QED) is 0.877. The smallest absolute Gasteiger partial charge is 0.257 e. The molecule has 88 valence electrons. The van der Waals surface area contributed by atoms with Gasteiger partial charge in [0.2, 0.25) is 0 Å². The number of aromatic nitrogens is 1. The van der Waals surface area contributed by atoms with Crippen molar-refractivity contribution in [1.29, 1.82) is 5.26 Å². The highest BCUT2D eigenvalue weighted by atomic mass is 19.1. The molecule has 0 unspecified atom stereocenters. The molecule has 2 rings (SSSR count). The van der Waals surface area contributed by atoms with E-state index in [4.69, 9.17) is 5.26 Å². The molecule has 0 bridgehead atoms. The summed E-state index contributed by atoms with van der Waals surface area (Å²) in [7, 11) is 0. The van der Waals surface area contributed by atoms with Gasteiger partial charge in [-0.15, -0.1) is 0 Å². The summed E-state index contributed by atoms with van der Waals surface area (Å²) in [5, 5.41) is 11.1. The number of nitriles is 1. The molecule has 0 fully saturated rings. The fourth-order valence-electron chi connectivity index (χ4n) is 1.38. The van der Waals surface area contributed by atoms with Crippen molar-refractivity contribution in [2.75, 3.05) is 5.32 Å². The monoisotopic (exact) mass is 241 g/mol. The van der Waals surface area contributed by atoms with E-state index in [0.717, 1.165) is 0 Å². The molecule has 0 aliphatic carbocycles. The normalized spacial score (nSPS) is 9.56. The lowest BCUT2D eigenvalue weighted by atomic mass is 10.2. The number of carbonyl (C=O) groups excluding carboxylic acids is 1. The predicted molar refractivity (Wildman–Crippen MR) is 63.3 cm³/mol. The number of hydrogen-bond donors (Lipinski definition) is 1. The number of anilines is 1. The van der Waals surface area contributed by atoms with Crippen molar-refractivity contribution in [2.24, 2.45) is 0 Å². The summed E-state index contributed by atoms with van der Waals surface area (Å²) < 4.78 is 13.3. The Labute approximate surface area is 103 Å². The van der Waals surface area contributed by atoms with E-state index in [9.17, 15) is 9.18 Å². The van der Waals surface area contributed by atoms with Crippen molar-refractivity contribution < 1.29 is 9.18 Å². The zero-order valence-corrected chi connectivity index (χ0v) is 9.22. The van der Waals surface area contributed by atoms with Crippen molar-refractivity contribution in [3.8, 4) is 6.07 Å². The van der Waals surface area contributed by atoms with Gasteiger partial charge in [-0.25, -0.2) is 4.39 Å². The lowest BCUT2D eigenvalue weighted by Crippen LogP contribution is -2.13. The Bertz CT molecular complexity index is 634. The number of rotatable bonds is 2. The second-order valence-corrected chi connectivity index (χ2v) is 3.51. The van der Waals surface area contributed by atoms with Gasteiger partial charge in [0.25, 0.3) is 5.91 Å². The average Bonchev–Trinajstić information content (AvgIpc) is 2.41. The Balaban J connectivity index is 2.23.